The van der Waals surface area contributed by atoms with E-state index in [1.807, 2.05) is 25.2 Å². The molecule has 28 heavy (non-hydrogen) atoms. The molecule has 2 aromatic carbocycles. The van der Waals surface area contributed by atoms with E-state index in [-0.39, 0.29) is 11.4 Å². The van der Waals surface area contributed by atoms with Gasteiger partial charge in [0.25, 0.3) is 0 Å². The smallest absolute Gasteiger partial charge is 0.319 e. The van der Waals surface area contributed by atoms with Gasteiger partial charge < -0.3 is 10.6 Å². The number of hydrogen-bond donors (Lipinski definition) is 2. The monoisotopic (exact) mass is 378 g/mol. The van der Waals surface area contributed by atoms with Crippen molar-refractivity contribution in [1.29, 1.82) is 0 Å². The standard InChI is InChI=1S/C23H30N4O/c1-16-9-10-18(17(13-16)11-12-23(2,3)4)14-24-22(28)26-20-7-6-8-21-19(20)15-25-27(21)5/h6-10,13,15H,11-12,14H2,1-5H3,(H2,24,26,28). The highest BCUT2D eigenvalue weighted by molar-refractivity contribution is 6.00. The second-order valence-electron chi connectivity index (χ2n) is 8.65. The van der Waals surface area contributed by atoms with Gasteiger partial charge in [-0.2, -0.15) is 5.10 Å². The van der Waals surface area contributed by atoms with Crippen molar-refractivity contribution in [3.8, 4) is 0 Å². The number of hydrogen-bond acceptors (Lipinski definition) is 2. The molecule has 5 nitrogen and oxygen atoms in total. The molecular formula is C23H30N4O. The number of aryl methyl sites for hydroxylation is 3. The highest BCUT2D eigenvalue weighted by Crippen LogP contribution is 2.24. The number of urea groups is 1. The van der Waals surface area contributed by atoms with Crippen molar-refractivity contribution >= 4 is 22.6 Å². The lowest BCUT2D eigenvalue weighted by molar-refractivity contribution is 0.251. The largest absolute Gasteiger partial charge is 0.334 e. The number of fused-ring (bicyclic) bond motifs is 1. The van der Waals surface area contributed by atoms with Gasteiger partial charge in [0.05, 0.1) is 17.4 Å². The van der Waals surface area contributed by atoms with E-state index < -0.39 is 0 Å². The fraction of sp³-hybridized carbons (Fsp3) is 0.391. The molecule has 2 N–H and O–H groups in total. The molecule has 0 fully saturated rings. The number of amides is 2. The van der Waals surface area contributed by atoms with Gasteiger partial charge >= 0.3 is 6.03 Å². The van der Waals surface area contributed by atoms with Crippen molar-refractivity contribution in [2.24, 2.45) is 12.5 Å². The van der Waals surface area contributed by atoms with E-state index in [1.165, 1.54) is 16.7 Å². The van der Waals surface area contributed by atoms with Crippen LogP contribution in [0, 0.1) is 12.3 Å². The Morgan fingerprint density at radius 2 is 1.93 bits per heavy atom. The Hall–Kier alpha value is -2.82. The molecular weight excluding hydrogens is 348 g/mol. The minimum atomic E-state index is -0.210. The number of carbonyl (C=O) groups excluding carboxylic acids is 1. The van der Waals surface area contributed by atoms with Crippen molar-refractivity contribution in [3.63, 3.8) is 0 Å². The number of aromatic nitrogens is 2. The van der Waals surface area contributed by atoms with Crippen molar-refractivity contribution in [3.05, 3.63) is 59.3 Å². The zero-order chi connectivity index (χ0) is 20.3. The lowest BCUT2D eigenvalue weighted by Gasteiger charge is -2.19. The maximum absolute atomic E-state index is 12.5. The van der Waals surface area contributed by atoms with Crippen LogP contribution in [0.1, 0.15) is 43.9 Å². The maximum atomic E-state index is 12.5. The van der Waals surface area contributed by atoms with Crippen LogP contribution in [0.15, 0.2) is 42.6 Å². The molecule has 0 spiro atoms. The van der Waals surface area contributed by atoms with Crippen molar-refractivity contribution < 1.29 is 4.79 Å². The number of anilines is 1. The maximum Gasteiger partial charge on any atom is 0.319 e. The molecule has 0 aliphatic carbocycles. The molecule has 0 atom stereocenters. The molecule has 0 aliphatic rings. The minimum Gasteiger partial charge on any atom is -0.334 e. The van der Waals surface area contributed by atoms with Crippen LogP contribution in [0.2, 0.25) is 0 Å². The first kappa shape index (κ1) is 19.9. The molecule has 1 heterocycles. The molecule has 0 bridgehead atoms. The summed E-state index contributed by atoms with van der Waals surface area (Å²) in [4.78, 5) is 12.5. The van der Waals surface area contributed by atoms with Crippen molar-refractivity contribution in [2.75, 3.05) is 5.32 Å². The lowest BCUT2D eigenvalue weighted by Crippen LogP contribution is -2.28. The summed E-state index contributed by atoms with van der Waals surface area (Å²) in [6, 6.07) is 12.0. The molecule has 2 amide bonds. The third kappa shape index (κ3) is 4.91. The first-order valence-corrected chi connectivity index (χ1v) is 9.77. The highest BCUT2D eigenvalue weighted by atomic mass is 16.2. The van der Waals surface area contributed by atoms with E-state index in [9.17, 15) is 4.79 Å². The van der Waals surface area contributed by atoms with Gasteiger partial charge in [0.1, 0.15) is 0 Å². The predicted molar refractivity (Wildman–Crippen MR) is 116 cm³/mol. The third-order valence-electron chi connectivity index (χ3n) is 4.99. The number of nitrogens with zero attached hydrogens (tertiary/aromatic N) is 2. The van der Waals surface area contributed by atoms with E-state index >= 15 is 0 Å². The van der Waals surface area contributed by atoms with Gasteiger partial charge in [0.2, 0.25) is 0 Å². The Labute approximate surface area is 167 Å². The summed E-state index contributed by atoms with van der Waals surface area (Å²) in [5.74, 6) is 0. The van der Waals surface area contributed by atoms with Crippen LogP contribution in [0.3, 0.4) is 0 Å². The van der Waals surface area contributed by atoms with E-state index in [0.717, 1.165) is 29.4 Å². The molecule has 5 heteroatoms. The van der Waals surface area contributed by atoms with E-state index in [2.05, 4.69) is 61.6 Å². The molecule has 148 valence electrons. The first-order valence-electron chi connectivity index (χ1n) is 9.77. The van der Waals surface area contributed by atoms with E-state index in [1.54, 1.807) is 10.9 Å². The SMILES string of the molecule is Cc1ccc(CNC(=O)Nc2cccc3c2cnn3C)c(CCC(C)(C)C)c1. The lowest BCUT2D eigenvalue weighted by atomic mass is 9.87. The van der Waals surface area contributed by atoms with Crippen LogP contribution < -0.4 is 10.6 Å². The fourth-order valence-electron chi connectivity index (χ4n) is 3.30. The van der Waals surface area contributed by atoms with Crippen LogP contribution in [0.25, 0.3) is 10.9 Å². The van der Waals surface area contributed by atoms with Crippen molar-refractivity contribution in [1.82, 2.24) is 15.1 Å². The molecule has 0 aliphatic heterocycles. The second-order valence-corrected chi connectivity index (χ2v) is 8.65. The summed E-state index contributed by atoms with van der Waals surface area (Å²) in [5, 5.41) is 11.1. The molecule has 0 unspecified atom stereocenters. The summed E-state index contributed by atoms with van der Waals surface area (Å²) >= 11 is 0. The van der Waals surface area contributed by atoms with Gasteiger partial charge in [0.15, 0.2) is 0 Å². The fourth-order valence-corrected chi connectivity index (χ4v) is 3.30. The van der Waals surface area contributed by atoms with E-state index in [0.29, 0.717) is 6.54 Å². The quantitative estimate of drug-likeness (QED) is 0.642. The summed E-state index contributed by atoms with van der Waals surface area (Å²) in [7, 11) is 1.89. The number of rotatable bonds is 5. The van der Waals surface area contributed by atoms with E-state index in [4.69, 9.17) is 0 Å². The Kier molecular flexibility index (Phi) is 5.73. The molecule has 0 saturated heterocycles. The van der Waals surface area contributed by atoms with Gasteiger partial charge in [-0.3, -0.25) is 4.68 Å². The minimum absolute atomic E-state index is 0.210. The molecule has 0 saturated carbocycles. The van der Waals surface area contributed by atoms with Gasteiger partial charge in [-0.15, -0.1) is 0 Å². The average molecular weight is 379 g/mol. The van der Waals surface area contributed by atoms with Crippen LogP contribution in [0.5, 0.6) is 0 Å². The Morgan fingerprint density at radius 3 is 2.68 bits per heavy atom. The highest BCUT2D eigenvalue weighted by Gasteiger charge is 2.13. The zero-order valence-electron chi connectivity index (χ0n) is 17.5. The second kappa shape index (κ2) is 8.05. The van der Waals surface area contributed by atoms with Crippen LogP contribution in [-0.4, -0.2) is 15.8 Å². The molecule has 3 rings (SSSR count). The number of carbonyl (C=O) groups is 1. The Morgan fingerprint density at radius 1 is 1.14 bits per heavy atom. The first-order chi connectivity index (χ1) is 13.2. The number of nitrogens with one attached hydrogen (secondary N) is 2. The van der Waals surface area contributed by atoms with Crippen LogP contribution >= 0.6 is 0 Å². The predicted octanol–water partition coefficient (Wildman–Crippen LogP) is 5.18. The normalized spacial score (nSPS) is 11.6. The van der Waals surface area contributed by atoms with Gasteiger partial charge in [-0.1, -0.05) is 50.6 Å². The van der Waals surface area contributed by atoms with Crippen molar-refractivity contribution in [2.45, 2.75) is 47.1 Å². The Balaban J connectivity index is 1.67. The van der Waals surface area contributed by atoms with Gasteiger partial charge in [-0.05, 0) is 48.4 Å². The summed E-state index contributed by atoms with van der Waals surface area (Å²) in [6.07, 6.45) is 3.90. The average Bonchev–Trinajstić information content (AvgIpc) is 3.01. The molecule has 3 aromatic rings. The van der Waals surface area contributed by atoms with Gasteiger partial charge in [-0.25, -0.2) is 4.79 Å². The topological polar surface area (TPSA) is 59.0 Å². The molecule has 0 radical (unpaired) electrons. The van der Waals surface area contributed by atoms with Crippen LogP contribution in [0.4, 0.5) is 10.5 Å². The summed E-state index contributed by atoms with van der Waals surface area (Å²) < 4.78 is 1.80. The van der Waals surface area contributed by atoms with Crippen LogP contribution in [-0.2, 0) is 20.0 Å². The third-order valence-corrected chi connectivity index (χ3v) is 4.99. The molecule has 1 aromatic heterocycles. The number of benzene rings is 2. The Bertz CT molecular complexity index is 982. The summed E-state index contributed by atoms with van der Waals surface area (Å²) in [5.41, 5.74) is 5.77. The van der Waals surface area contributed by atoms with Gasteiger partial charge in [0, 0.05) is 19.0 Å². The summed E-state index contributed by atoms with van der Waals surface area (Å²) in [6.45, 7) is 9.39. The zero-order valence-corrected chi connectivity index (χ0v) is 17.5.